The van der Waals surface area contributed by atoms with E-state index in [9.17, 15) is 4.79 Å². The summed E-state index contributed by atoms with van der Waals surface area (Å²) >= 11 is 0. The van der Waals surface area contributed by atoms with Crippen LogP contribution in [0, 0.1) is 5.92 Å². The molecule has 0 aliphatic heterocycles. The molecule has 0 bridgehead atoms. The van der Waals surface area contributed by atoms with E-state index in [1.54, 1.807) is 0 Å². The maximum atomic E-state index is 11.8. The normalized spacial score (nSPS) is 23.1. The van der Waals surface area contributed by atoms with E-state index in [0.717, 1.165) is 25.8 Å². The average Bonchev–Trinajstić information content (AvgIpc) is 3.10. The van der Waals surface area contributed by atoms with E-state index in [2.05, 4.69) is 29.6 Å². The van der Waals surface area contributed by atoms with E-state index in [1.807, 2.05) is 13.1 Å². The van der Waals surface area contributed by atoms with Crippen molar-refractivity contribution in [3.63, 3.8) is 0 Å². The Morgan fingerprint density at radius 1 is 1.38 bits per heavy atom. The monoisotopic (exact) mass is 217 g/mol. The molecule has 0 saturated heterocycles. The smallest absolute Gasteiger partial charge is 0.136 e. The van der Waals surface area contributed by atoms with Crippen molar-refractivity contribution in [1.29, 1.82) is 0 Å². The molecular weight excluding hydrogens is 198 g/mol. The third kappa shape index (κ3) is 2.70. The summed E-state index contributed by atoms with van der Waals surface area (Å²) in [4.78, 5) is 11.8. The van der Waals surface area contributed by atoms with Gasteiger partial charge in [-0.25, -0.2) is 0 Å². The van der Waals surface area contributed by atoms with Gasteiger partial charge in [-0.2, -0.15) is 0 Å². The molecule has 86 valence electrons. The summed E-state index contributed by atoms with van der Waals surface area (Å²) in [5.74, 6) is 1.26. The number of ketones is 1. The van der Waals surface area contributed by atoms with Gasteiger partial charge in [-0.05, 0) is 37.9 Å². The van der Waals surface area contributed by atoms with Gasteiger partial charge < -0.3 is 5.32 Å². The topological polar surface area (TPSA) is 29.1 Å². The number of benzene rings is 1. The molecule has 1 aliphatic carbocycles. The molecule has 0 heterocycles. The Hall–Kier alpha value is -1.15. The second-order valence-corrected chi connectivity index (χ2v) is 4.53. The zero-order valence-corrected chi connectivity index (χ0v) is 9.78. The molecule has 1 aromatic rings. The SMILES string of the molecule is CNCCCC(=O)C1CC1c1ccccc1. The van der Waals surface area contributed by atoms with Crippen LogP contribution in [0.25, 0.3) is 0 Å². The van der Waals surface area contributed by atoms with Crippen LogP contribution in [0.1, 0.15) is 30.7 Å². The molecule has 1 aliphatic rings. The van der Waals surface area contributed by atoms with Gasteiger partial charge in [-0.3, -0.25) is 4.79 Å². The van der Waals surface area contributed by atoms with Crippen molar-refractivity contribution in [3.05, 3.63) is 35.9 Å². The van der Waals surface area contributed by atoms with Crippen LogP contribution in [-0.2, 0) is 4.79 Å². The first-order valence-electron chi connectivity index (χ1n) is 6.05. The van der Waals surface area contributed by atoms with Crippen LogP contribution in [-0.4, -0.2) is 19.4 Å². The fourth-order valence-electron chi connectivity index (χ4n) is 2.24. The first kappa shape index (κ1) is 11.3. The largest absolute Gasteiger partial charge is 0.320 e. The molecule has 0 radical (unpaired) electrons. The number of rotatable bonds is 6. The highest BCUT2D eigenvalue weighted by molar-refractivity contribution is 5.84. The second kappa shape index (κ2) is 5.26. The Morgan fingerprint density at radius 3 is 2.81 bits per heavy atom. The zero-order chi connectivity index (χ0) is 11.4. The van der Waals surface area contributed by atoms with Crippen LogP contribution < -0.4 is 5.32 Å². The number of Topliss-reactive ketones (excluding diaryl/α,β-unsaturated/α-hetero) is 1. The summed E-state index contributed by atoms with van der Waals surface area (Å²) in [5, 5.41) is 3.07. The van der Waals surface area contributed by atoms with Gasteiger partial charge in [0.05, 0.1) is 0 Å². The lowest BCUT2D eigenvalue weighted by Crippen LogP contribution is -2.11. The maximum Gasteiger partial charge on any atom is 0.136 e. The first-order chi connectivity index (χ1) is 7.83. The second-order valence-electron chi connectivity index (χ2n) is 4.53. The molecule has 2 unspecified atom stereocenters. The molecule has 0 spiro atoms. The summed E-state index contributed by atoms with van der Waals surface area (Å²) < 4.78 is 0. The van der Waals surface area contributed by atoms with Crippen molar-refractivity contribution in [1.82, 2.24) is 5.32 Å². The third-order valence-electron chi connectivity index (χ3n) is 3.28. The lowest BCUT2D eigenvalue weighted by molar-refractivity contribution is -0.120. The Morgan fingerprint density at radius 2 is 2.12 bits per heavy atom. The predicted molar refractivity (Wildman–Crippen MR) is 65.5 cm³/mol. The number of carbonyl (C=O) groups is 1. The Balaban J connectivity index is 1.80. The van der Waals surface area contributed by atoms with E-state index >= 15 is 0 Å². The summed E-state index contributed by atoms with van der Waals surface area (Å²) in [6, 6.07) is 10.4. The van der Waals surface area contributed by atoms with Gasteiger partial charge in [-0.15, -0.1) is 0 Å². The number of hydrogen-bond acceptors (Lipinski definition) is 2. The van der Waals surface area contributed by atoms with Crippen LogP contribution in [0.3, 0.4) is 0 Å². The molecule has 2 rings (SSSR count). The van der Waals surface area contributed by atoms with Crippen molar-refractivity contribution in [3.8, 4) is 0 Å². The molecule has 16 heavy (non-hydrogen) atoms. The fourth-order valence-corrected chi connectivity index (χ4v) is 2.24. The lowest BCUT2D eigenvalue weighted by Gasteiger charge is -2.01. The Bertz CT molecular complexity index is 347. The van der Waals surface area contributed by atoms with Crippen LogP contribution in [0.5, 0.6) is 0 Å². The highest BCUT2D eigenvalue weighted by Gasteiger charge is 2.42. The standard InChI is InChI=1S/C14H19NO/c1-15-9-5-8-14(16)13-10-12(13)11-6-3-2-4-7-11/h2-4,6-7,12-13,15H,5,8-10H2,1H3. The summed E-state index contributed by atoms with van der Waals surface area (Å²) in [7, 11) is 1.92. The van der Waals surface area contributed by atoms with Crippen molar-refractivity contribution < 1.29 is 4.79 Å². The van der Waals surface area contributed by atoms with Crippen LogP contribution in [0.4, 0.5) is 0 Å². The molecule has 1 aromatic carbocycles. The minimum Gasteiger partial charge on any atom is -0.320 e. The summed E-state index contributed by atoms with van der Waals surface area (Å²) in [6.07, 6.45) is 2.75. The van der Waals surface area contributed by atoms with Crippen LogP contribution >= 0.6 is 0 Å². The predicted octanol–water partition coefficient (Wildman–Crippen LogP) is 2.36. The maximum absolute atomic E-state index is 11.8. The molecule has 1 N–H and O–H groups in total. The molecule has 2 nitrogen and oxygen atoms in total. The lowest BCUT2D eigenvalue weighted by atomic mass is 10.1. The van der Waals surface area contributed by atoms with E-state index in [-0.39, 0.29) is 0 Å². The Labute approximate surface area is 97.1 Å². The van der Waals surface area contributed by atoms with Gasteiger partial charge in [0.1, 0.15) is 5.78 Å². The number of nitrogens with one attached hydrogen (secondary N) is 1. The van der Waals surface area contributed by atoms with Gasteiger partial charge in [0.2, 0.25) is 0 Å². The van der Waals surface area contributed by atoms with E-state index in [0.29, 0.717) is 17.6 Å². The molecule has 0 aromatic heterocycles. The Kier molecular flexibility index (Phi) is 3.73. The van der Waals surface area contributed by atoms with Crippen LogP contribution in [0.2, 0.25) is 0 Å². The molecule has 0 amide bonds. The quantitative estimate of drug-likeness (QED) is 0.741. The molecule has 1 saturated carbocycles. The first-order valence-corrected chi connectivity index (χ1v) is 6.05. The number of carbonyl (C=O) groups excluding carboxylic acids is 1. The van der Waals surface area contributed by atoms with Crippen molar-refractivity contribution in [2.24, 2.45) is 5.92 Å². The van der Waals surface area contributed by atoms with Gasteiger partial charge in [0.15, 0.2) is 0 Å². The highest BCUT2D eigenvalue weighted by atomic mass is 16.1. The summed E-state index contributed by atoms with van der Waals surface area (Å²) in [6.45, 7) is 0.939. The van der Waals surface area contributed by atoms with Crippen molar-refractivity contribution in [2.75, 3.05) is 13.6 Å². The average molecular weight is 217 g/mol. The fraction of sp³-hybridized carbons (Fsp3) is 0.500. The van der Waals surface area contributed by atoms with E-state index in [4.69, 9.17) is 0 Å². The van der Waals surface area contributed by atoms with Gasteiger partial charge in [-0.1, -0.05) is 30.3 Å². The minimum atomic E-state index is 0.305. The van der Waals surface area contributed by atoms with Gasteiger partial charge in [0, 0.05) is 12.3 Å². The zero-order valence-electron chi connectivity index (χ0n) is 9.78. The summed E-state index contributed by atoms with van der Waals surface area (Å²) in [5.41, 5.74) is 1.33. The third-order valence-corrected chi connectivity index (χ3v) is 3.28. The molecular formula is C14H19NO. The van der Waals surface area contributed by atoms with Crippen molar-refractivity contribution >= 4 is 5.78 Å². The number of hydrogen-bond donors (Lipinski definition) is 1. The van der Waals surface area contributed by atoms with Crippen LogP contribution in [0.15, 0.2) is 30.3 Å². The van der Waals surface area contributed by atoms with Gasteiger partial charge >= 0.3 is 0 Å². The molecule has 1 fully saturated rings. The molecule has 2 atom stereocenters. The highest BCUT2D eigenvalue weighted by Crippen LogP contribution is 2.48. The van der Waals surface area contributed by atoms with Gasteiger partial charge in [0.25, 0.3) is 0 Å². The van der Waals surface area contributed by atoms with E-state index < -0.39 is 0 Å². The van der Waals surface area contributed by atoms with Crippen molar-refractivity contribution in [2.45, 2.75) is 25.2 Å². The molecule has 2 heteroatoms. The minimum absolute atomic E-state index is 0.305. The van der Waals surface area contributed by atoms with E-state index in [1.165, 1.54) is 5.56 Å².